The van der Waals surface area contributed by atoms with E-state index in [-0.39, 0.29) is 29.5 Å². The first-order chi connectivity index (χ1) is 12.5. The molecule has 1 unspecified atom stereocenters. The van der Waals surface area contributed by atoms with E-state index in [0.29, 0.717) is 0 Å². The number of methoxy groups -OCH3 is 3. The molecule has 8 heteroatoms. The van der Waals surface area contributed by atoms with Crippen molar-refractivity contribution in [2.24, 2.45) is 0 Å². The second-order valence-electron chi connectivity index (χ2n) is 5.25. The number of rotatable bonds is 8. The molecule has 1 atom stereocenters. The van der Waals surface area contributed by atoms with Gasteiger partial charge >= 0.3 is 5.97 Å². The van der Waals surface area contributed by atoms with E-state index in [0.717, 1.165) is 11.3 Å². The van der Waals surface area contributed by atoms with Gasteiger partial charge in [-0.2, -0.15) is 0 Å². The molecule has 0 bridgehead atoms. The van der Waals surface area contributed by atoms with Crippen LogP contribution >= 0.6 is 0 Å². The van der Waals surface area contributed by atoms with Gasteiger partial charge in [-0.15, -0.1) is 0 Å². The molecule has 2 aromatic rings. The van der Waals surface area contributed by atoms with Gasteiger partial charge in [0, 0.05) is 6.07 Å². The average molecular weight is 363 g/mol. The Labute approximate surface area is 150 Å². The van der Waals surface area contributed by atoms with Crippen LogP contribution in [0.25, 0.3) is 0 Å². The predicted octanol–water partition coefficient (Wildman–Crippen LogP) is 1.49. The first kappa shape index (κ1) is 19.5. The van der Waals surface area contributed by atoms with Crippen molar-refractivity contribution in [3.8, 4) is 17.2 Å². The van der Waals surface area contributed by atoms with Crippen molar-refractivity contribution in [1.29, 1.82) is 0 Å². The molecule has 1 aromatic heterocycles. The lowest BCUT2D eigenvalue weighted by Gasteiger charge is -2.16. The lowest BCUT2D eigenvalue weighted by Crippen LogP contribution is -2.14. The highest BCUT2D eigenvalue weighted by Gasteiger charge is 2.23. The highest BCUT2D eigenvalue weighted by molar-refractivity contribution is 5.91. The van der Waals surface area contributed by atoms with E-state index >= 15 is 0 Å². The molecule has 0 amide bonds. The van der Waals surface area contributed by atoms with Gasteiger partial charge < -0.3 is 29.2 Å². The summed E-state index contributed by atoms with van der Waals surface area (Å²) in [6, 6.07) is 8.66. The molecule has 1 aromatic carbocycles. The number of hydrogen-bond donors (Lipinski definition) is 2. The minimum absolute atomic E-state index is 0.0680. The van der Waals surface area contributed by atoms with Crippen molar-refractivity contribution in [2.45, 2.75) is 12.7 Å². The molecular weight excluding hydrogens is 342 g/mol. The number of benzene rings is 1. The standard InChI is InChI=1S/C18H21NO7/c1-23-12-6-4-11(5-7-12)10-26-15-8-13(14(21)9-20)19-16(17(15)24-2)18(22)25-3/h4-8,14,20-21H,9-10H2,1-3H3. The molecule has 8 nitrogen and oxygen atoms in total. The number of nitrogens with zero attached hydrogens (tertiary/aromatic N) is 1. The summed E-state index contributed by atoms with van der Waals surface area (Å²) >= 11 is 0. The maximum absolute atomic E-state index is 12.0. The molecule has 0 saturated heterocycles. The highest BCUT2D eigenvalue weighted by atomic mass is 16.5. The van der Waals surface area contributed by atoms with Crippen LogP contribution in [-0.4, -0.2) is 49.1 Å². The number of ether oxygens (including phenoxy) is 4. The largest absolute Gasteiger partial charge is 0.497 e. The summed E-state index contributed by atoms with van der Waals surface area (Å²) in [7, 11) is 4.15. The first-order valence-electron chi connectivity index (χ1n) is 7.75. The van der Waals surface area contributed by atoms with Crippen LogP contribution in [0.2, 0.25) is 0 Å². The van der Waals surface area contributed by atoms with Crippen LogP contribution in [0.3, 0.4) is 0 Å². The third kappa shape index (κ3) is 4.41. The fourth-order valence-corrected chi connectivity index (χ4v) is 2.22. The molecule has 0 spiro atoms. The normalized spacial score (nSPS) is 11.6. The zero-order valence-electron chi connectivity index (χ0n) is 14.8. The summed E-state index contributed by atoms with van der Waals surface area (Å²) in [5.41, 5.74) is 0.775. The predicted molar refractivity (Wildman–Crippen MR) is 91.5 cm³/mol. The maximum Gasteiger partial charge on any atom is 0.360 e. The SMILES string of the molecule is COC(=O)c1nc(C(O)CO)cc(OCc2ccc(OC)cc2)c1OC. The smallest absolute Gasteiger partial charge is 0.360 e. The van der Waals surface area contributed by atoms with Gasteiger partial charge in [-0.3, -0.25) is 0 Å². The molecule has 1 heterocycles. The Kier molecular flexibility index (Phi) is 6.76. The number of esters is 1. The Morgan fingerprint density at radius 2 is 1.85 bits per heavy atom. The first-order valence-corrected chi connectivity index (χ1v) is 7.75. The van der Waals surface area contributed by atoms with Gasteiger partial charge in [-0.05, 0) is 17.7 Å². The fourth-order valence-electron chi connectivity index (χ4n) is 2.22. The van der Waals surface area contributed by atoms with Crippen molar-refractivity contribution in [1.82, 2.24) is 4.98 Å². The lowest BCUT2D eigenvalue weighted by atomic mass is 10.2. The van der Waals surface area contributed by atoms with Gasteiger partial charge in [0.2, 0.25) is 0 Å². The summed E-state index contributed by atoms with van der Waals surface area (Å²) < 4.78 is 20.8. The molecule has 140 valence electrons. The summed E-state index contributed by atoms with van der Waals surface area (Å²) in [5.74, 6) is 0.250. The van der Waals surface area contributed by atoms with E-state index in [9.17, 15) is 9.90 Å². The minimum atomic E-state index is -1.27. The summed E-state index contributed by atoms with van der Waals surface area (Å²) in [4.78, 5) is 16.0. The molecule has 26 heavy (non-hydrogen) atoms. The summed E-state index contributed by atoms with van der Waals surface area (Å²) in [6.07, 6.45) is -1.27. The van der Waals surface area contributed by atoms with Crippen LogP contribution in [-0.2, 0) is 11.3 Å². The van der Waals surface area contributed by atoms with Crippen LogP contribution in [0, 0.1) is 0 Å². The van der Waals surface area contributed by atoms with E-state index in [1.165, 1.54) is 20.3 Å². The number of carbonyl (C=O) groups excluding carboxylic acids is 1. The van der Waals surface area contributed by atoms with Crippen molar-refractivity contribution >= 4 is 5.97 Å². The Morgan fingerprint density at radius 1 is 1.15 bits per heavy atom. The van der Waals surface area contributed by atoms with Crippen LogP contribution in [0.1, 0.15) is 27.8 Å². The van der Waals surface area contributed by atoms with Crippen molar-refractivity contribution in [3.63, 3.8) is 0 Å². The van der Waals surface area contributed by atoms with Crippen molar-refractivity contribution < 1.29 is 34.0 Å². The Bertz CT molecular complexity index is 746. The van der Waals surface area contributed by atoms with Crippen LogP contribution in [0.5, 0.6) is 17.2 Å². The second-order valence-corrected chi connectivity index (χ2v) is 5.25. The Hall–Kier alpha value is -2.84. The van der Waals surface area contributed by atoms with E-state index in [1.54, 1.807) is 19.2 Å². The molecule has 2 N–H and O–H groups in total. The number of hydrogen-bond acceptors (Lipinski definition) is 8. The van der Waals surface area contributed by atoms with Gasteiger partial charge in [-0.1, -0.05) is 12.1 Å². The highest BCUT2D eigenvalue weighted by Crippen LogP contribution is 2.33. The molecule has 0 fully saturated rings. The average Bonchev–Trinajstić information content (AvgIpc) is 2.70. The maximum atomic E-state index is 12.0. The zero-order valence-corrected chi connectivity index (χ0v) is 14.8. The van der Waals surface area contributed by atoms with E-state index in [1.807, 2.05) is 12.1 Å². The molecular formula is C18H21NO7. The number of carbonyl (C=O) groups is 1. The summed E-state index contributed by atoms with van der Waals surface area (Å²) in [6.45, 7) is -0.377. The number of aromatic nitrogens is 1. The second kappa shape index (κ2) is 9.02. The van der Waals surface area contributed by atoms with E-state index in [4.69, 9.17) is 24.1 Å². The third-order valence-electron chi connectivity index (χ3n) is 3.61. The van der Waals surface area contributed by atoms with Crippen LogP contribution < -0.4 is 14.2 Å². The van der Waals surface area contributed by atoms with Crippen molar-refractivity contribution in [3.05, 3.63) is 47.3 Å². The molecule has 0 aliphatic carbocycles. The Morgan fingerprint density at radius 3 is 2.38 bits per heavy atom. The number of aliphatic hydroxyl groups excluding tert-OH is 2. The molecule has 0 radical (unpaired) electrons. The molecule has 2 rings (SSSR count). The number of pyridine rings is 1. The Balaban J connectivity index is 2.35. The van der Waals surface area contributed by atoms with Crippen LogP contribution in [0.4, 0.5) is 0 Å². The fraction of sp³-hybridized carbons (Fsp3) is 0.333. The molecule has 0 saturated carbocycles. The summed E-state index contributed by atoms with van der Waals surface area (Å²) in [5, 5.41) is 19.0. The van der Waals surface area contributed by atoms with Gasteiger partial charge in [0.05, 0.1) is 33.6 Å². The van der Waals surface area contributed by atoms with E-state index < -0.39 is 18.7 Å². The van der Waals surface area contributed by atoms with Crippen LogP contribution in [0.15, 0.2) is 30.3 Å². The molecule has 0 aliphatic heterocycles. The minimum Gasteiger partial charge on any atom is -0.497 e. The van der Waals surface area contributed by atoms with Gasteiger partial charge in [0.25, 0.3) is 0 Å². The van der Waals surface area contributed by atoms with Crippen molar-refractivity contribution in [2.75, 3.05) is 27.9 Å². The molecule has 0 aliphatic rings. The quantitative estimate of drug-likeness (QED) is 0.679. The third-order valence-corrected chi connectivity index (χ3v) is 3.61. The van der Waals surface area contributed by atoms with Gasteiger partial charge in [-0.25, -0.2) is 9.78 Å². The lowest BCUT2D eigenvalue weighted by molar-refractivity contribution is 0.0584. The topological polar surface area (TPSA) is 107 Å². The van der Waals surface area contributed by atoms with E-state index in [2.05, 4.69) is 4.98 Å². The monoisotopic (exact) mass is 363 g/mol. The van der Waals surface area contributed by atoms with Gasteiger partial charge in [0.1, 0.15) is 18.5 Å². The zero-order chi connectivity index (χ0) is 19.1. The number of aliphatic hydroxyl groups is 2. The van der Waals surface area contributed by atoms with Gasteiger partial charge in [0.15, 0.2) is 17.2 Å².